The Kier molecular flexibility index (Phi) is 2.70. The van der Waals surface area contributed by atoms with E-state index in [2.05, 4.69) is 11.6 Å². The van der Waals surface area contributed by atoms with E-state index in [1.807, 2.05) is 0 Å². The van der Waals surface area contributed by atoms with E-state index in [0.717, 1.165) is 18.3 Å². The van der Waals surface area contributed by atoms with Gasteiger partial charge in [-0.15, -0.1) is 6.58 Å². The van der Waals surface area contributed by atoms with Gasteiger partial charge >= 0.3 is 6.18 Å². The number of hydrogen-bond donors (Lipinski definition) is 0. The van der Waals surface area contributed by atoms with E-state index < -0.39 is 11.7 Å². The fourth-order valence-electron chi connectivity index (χ4n) is 0.914. The molecule has 1 aromatic rings. The molecule has 0 atom stereocenters. The Morgan fingerprint density at radius 3 is 2.69 bits per heavy atom. The summed E-state index contributed by atoms with van der Waals surface area (Å²) < 4.78 is 36.5. The third kappa shape index (κ3) is 2.57. The van der Waals surface area contributed by atoms with Gasteiger partial charge in [0.2, 0.25) is 0 Å². The molecule has 0 aliphatic carbocycles. The number of halogens is 3. The van der Waals surface area contributed by atoms with Crippen LogP contribution >= 0.6 is 0 Å². The van der Waals surface area contributed by atoms with E-state index in [1.54, 1.807) is 0 Å². The van der Waals surface area contributed by atoms with Crippen LogP contribution in [0.15, 0.2) is 31.0 Å². The first-order valence-electron chi connectivity index (χ1n) is 3.67. The number of aromatic nitrogens is 1. The number of allylic oxidation sites excluding steroid dienone is 1. The highest BCUT2D eigenvalue weighted by molar-refractivity contribution is 5.20. The molecule has 0 spiro atoms. The molecule has 1 rings (SSSR count). The molecule has 0 aliphatic heterocycles. The van der Waals surface area contributed by atoms with E-state index in [0.29, 0.717) is 12.1 Å². The fraction of sp³-hybridized carbons (Fsp3) is 0.222. The van der Waals surface area contributed by atoms with Gasteiger partial charge in [-0.05, 0) is 12.1 Å². The largest absolute Gasteiger partial charge is 0.416 e. The number of pyridine rings is 1. The van der Waals surface area contributed by atoms with Crippen LogP contribution in [0.25, 0.3) is 0 Å². The number of nitrogens with zero attached hydrogens (tertiary/aromatic N) is 1. The van der Waals surface area contributed by atoms with Crippen LogP contribution in [0.1, 0.15) is 11.3 Å². The minimum Gasteiger partial charge on any atom is -0.261 e. The standard InChI is InChI=1S/C9H8F3N/c1-2-3-8-6-7(4-5-13-8)9(10,11)12/h2,4-6H,1,3H2. The second-order valence-corrected chi connectivity index (χ2v) is 2.53. The maximum absolute atomic E-state index is 12.2. The molecule has 0 amide bonds. The molecule has 0 bridgehead atoms. The first kappa shape index (κ1) is 9.77. The van der Waals surface area contributed by atoms with E-state index in [1.165, 1.54) is 6.08 Å². The Balaban J connectivity index is 2.98. The van der Waals surface area contributed by atoms with Crippen molar-refractivity contribution in [3.05, 3.63) is 42.2 Å². The van der Waals surface area contributed by atoms with Gasteiger partial charge in [0.25, 0.3) is 0 Å². The first-order valence-corrected chi connectivity index (χ1v) is 3.67. The second kappa shape index (κ2) is 3.60. The monoisotopic (exact) mass is 187 g/mol. The lowest BCUT2D eigenvalue weighted by molar-refractivity contribution is -0.137. The molecule has 0 saturated heterocycles. The average molecular weight is 187 g/mol. The zero-order valence-electron chi connectivity index (χ0n) is 6.80. The highest BCUT2D eigenvalue weighted by atomic mass is 19.4. The van der Waals surface area contributed by atoms with Gasteiger partial charge in [0.05, 0.1) is 5.56 Å². The third-order valence-electron chi connectivity index (χ3n) is 1.50. The molecule has 0 N–H and O–H groups in total. The topological polar surface area (TPSA) is 12.9 Å². The van der Waals surface area contributed by atoms with E-state index in [4.69, 9.17) is 0 Å². The van der Waals surface area contributed by atoms with Gasteiger partial charge < -0.3 is 0 Å². The van der Waals surface area contributed by atoms with Crippen LogP contribution in [0, 0.1) is 0 Å². The zero-order valence-corrected chi connectivity index (χ0v) is 6.80. The minimum absolute atomic E-state index is 0.351. The van der Waals surface area contributed by atoms with Crippen molar-refractivity contribution in [2.45, 2.75) is 12.6 Å². The molecule has 1 aromatic heterocycles. The lowest BCUT2D eigenvalue weighted by Crippen LogP contribution is -2.05. The van der Waals surface area contributed by atoms with Gasteiger partial charge in [-0.2, -0.15) is 13.2 Å². The van der Waals surface area contributed by atoms with Crippen molar-refractivity contribution >= 4 is 0 Å². The van der Waals surface area contributed by atoms with Crippen LogP contribution in [0.2, 0.25) is 0 Å². The molecule has 0 fully saturated rings. The summed E-state index contributed by atoms with van der Waals surface area (Å²) in [5.74, 6) is 0. The normalized spacial score (nSPS) is 11.3. The van der Waals surface area contributed by atoms with Crippen LogP contribution in [0.3, 0.4) is 0 Å². The zero-order chi connectivity index (χ0) is 9.90. The summed E-state index contributed by atoms with van der Waals surface area (Å²) >= 11 is 0. The van der Waals surface area contributed by atoms with Crippen LogP contribution in [0.4, 0.5) is 13.2 Å². The summed E-state index contributed by atoms with van der Waals surface area (Å²) in [6.45, 7) is 3.43. The molecule has 4 heteroatoms. The highest BCUT2D eigenvalue weighted by Gasteiger charge is 2.30. The number of hydrogen-bond acceptors (Lipinski definition) is 1. The first-order chi connectivity index (χ1) is 6.04. The van der Waals surface area contributed by atoms with Gasteiger partial charge in [0, 0.05) is 18.3 Å². The van der Waals surface area contributed by atoms with Gasteiger partial charge in [-0.25, -0.2) is 0 Å². The van der Waals surface area contributed by atoms with Crippen LogP contribution in [0.5, 0.6) is 0 Å². The third-order valence-corrected chi connectivity index (χ3v) is 1.50. The highest BCUT2D eigenvalue weighted by Crippen LogP contribution is 2.28. The smallest absolute Gasteiger partial charge is 0.261 e. The maximum Gasteiger partial charge on any atom is 0.416 e. The fourth-order valence-corrected chi connectivity index (χ4v) is 0.914. The molecule has 0 radical (unpaired) electrons. The molecular formula is C9H8F3N. The van der Waals surface area contributed by atoms with Crippen molar-refractivity contribution in [3.8, 4) is 0 Å². The molecule has 1 nitrogen and oxygen atoms in total. The summed E-state index contributed by atoms with van der Waals surface area (Å²) in [7, 11) is 0. The van der Waals surface area contributed by atoms with Gasteiger partial charge in [0.1, 0.15) is 0 Å². The molecule has 13 heavy (non-hydrogen) atoms. The Morgan fingerprint density at radius 2 is 2.15 bits per heavy atom. The van der Waals surface area contributed by atoms with Crippen LogP contribution in [-0.4, -0.2) is 4.98 Å². The second-order valence-electron chi connectivity index (χ2n) is 2.53. The Labute approximate surface area is 73.9 Å². The summed E-state index contributed by atoms with van der Waals surface area (Å²) in [5, 5.41) is 0. The molecule has 0 saturated carbocycles. The predicted octanol–water partition coefficient (Wildman–Crippen LogP) is 2.83. The number of rotatable bonds is 2. The van der Waals surface area contributed by atoms with Crippen molar-refractivity contribution in [1.29, 1.82) is 0 Å². The molecule has 0 aromatic carbocycles. The van der Waals surface area contributed by atoms with E-state index >= 15 is 0 Å². The summed E-state index contributed by atoms with van der Waals surface area (Å²) in [6.07, 6.45) is -1.27. The van der Waals surface area contributed by atoms with Crippen molar-refractivity contribution in [2.24, 2.45) is 0 Å². The summed E-state index contributed by atoms with van der Waals surface area (Å²) in [4.78, 5) is 3.77. The molecule has 0 unspecified atom stereocenters. The maximum atomic E-state index is 12.2. The lowest BCUT2D eigenvalue weighted by Gasteiger charge is -2.06. The Bertz CT molecular complexity index is 304. The predicted molar refractivity (Wildman–Crippen MR) is 43.1 cm³/mol. The van der Waals surface area contributed by atoms with E-state index in [-0.39, 0.29) is 0 Å². The van der Waals surface area contributed by atoms with Crippen molar-refractivity contribution in [1.82, 2.24) is 4.98 Å². The molecule has 1 heterocycles. The average Bonchev–Trinajstić information content (AvgIpc) is 2.04. The van der Waals surface area contributed by atoms with Crippen LogP contribution < -0.4 is 0 Å². The van der Waals surface area contributed by atoms with Crippen molar-refractivity contribution < 1.29 is 13.2 Å². The molecule has 0 aliphatic rings. The molecule has 70 valence electrons. The SMILES string of the molecule is C=CCc1cc(C(F)(F)F)ccn1. The van der Waals surface area contributed by atoms with Crippen molar-refractivity contribution in [2.75, 3.05) is 0 Å². The van der Waals surface area contributed by atoms with Gasteiger partial charge in [-0.1, -0.05) is 6.08 Å². The number of alkyl halides is 3. The Hall–Kier alpha value is -1.32. The van der Waals surface area contributed by atoms with E-state index in [9.17, 15) is 13.2 Å². The van der Waals surface area contributed by atoms with Gasteiger partial charge in [0.15, 0.2) is 0 Å². The summed E-state index contributed by atoms with van der Waals surface area (Å²) in [5.41, 5.74) is -0.288. The lowest BCUT2D eigenvalue weighted by atomic mass is 10.2. The van der Waals surface area contributed by atoms with Crippen molar-refractivity contribution in [3.63, 3.8) is 0 Å². The Morgan fingerprint density at radius 1 is 1.46 bits per heavy atom. The summed E-state index contributed by atoms with van der Waals surface area (Å²) in [6, 6.07) is 1.98. The van der Waals surface area contributed by atoms with Crippen LogP contribution in [-0.2, 0) is 12.6 Å². The minimum atomic E-state index is -4.29. The van der Waals surface area contributed by atoms with Gasteiger partial charge in [-0.3, -0.25) is 4.98 Å². The molecular weight excluding hydrogens is 179 g/mol. The quantitative estimate of drug-likeness (QED) is 0.649.